The fourth-order valence-electron chi connectivity index (χ4n) is 4.32. The minimum atomic E-state index is -0.752. The van der Waals surface area contributed by atoms with Gasteiger partial charge in [-0.3, -0.25) is 9.59 Å². The van der Waals surface area contributed by atoms with E-state index in [4.69, 9.17) is 15.2 Å². The number of aromatic nitrogens is 2. The number of carbonyl (C=O) groups excluding carboxylic acids is 2. The fraction of sp³-hybridized carbons (Fsp3) is 0.286. The number of hydrogen-bond donors (Lipinski definition) is 2. The van der Waals surface area contributed by atoms with Crippen molar-refractivity contribution in [3.63, 3.8) is 0 Å². The Morgan fingerprint density at radius 2 is 2.00 bits per heavy atom. The maximum Gasteiger partial charge on any atom is 0.258 e. The van der Waals surface area contributed by atoms with Gasteiger partial charge in [0.25, 0.3) is 5.91 Å². The summed E-state index contributed by atoms with van der Waals surface area (Å²) in [5, 5.41) is 2.61. The molecule has 204 valence electrons. The largest absolute Gasteiger partial charge is 0.487 e. The van der Waals surface area contributed by atoms with E-state index in [0.29, 0.717) is 23.3 Å². The number of ether oxygens (including phenoxy) is 2. The van der Waals surface area contributed by atoms with Crippen LogP contribution in [0.3, 0.4) is 0 Å². The van der Waals surface area contributed by atoms with Crippen LogP contribution in [-0.4, -0.2) is 52.5 Å². The van der Waals surface area contributed by atoms with Crippen LogP contribution in [0, 0.1) is 18.6 Å². The predicted molar refractivity (Wildman–Crippen MR) is 143 cm³/mol. The average molecular weight is 538 g/mol. The van der Waals surface area contributed by atoms with Crippen molar-refractivity contribution in [1.29, 1.82) is 0 Å². The second-order valence-electron chi connectivity index (χ2n) is 9.81. The van der Waals surface area contributed by atoms with Crippen molar-refractivity contribution in [3.8, 4) is 22.8 Å². The van der Waals surface area contributed by atoms with Gasteiger partial charge in [0.05, 0.1) is 12.1 Å². The molecule has 0 saturated carbocycles. The van der Waals surface area contributed by atoms with Crippen LogP contribution >= 0.6 is 0 Å². The van der Waals surface area contributed by atoms with Gasteiger partial charge in [0, 0.05) is 30.8 Å². The summed E-state index contributed by atoms with van der Waals surface area (Å²) in [7, 11) is 1.59. The number of hydrogen-bond acceptors (Lipinski definition) is 7. The number of nitrogen functional groups attached to an aromatic ring is 1. The van der Waals surface area contributed by atoms with E-state index in [1.54, 1.807) is 14.0 Å². The number of fused-ring (bicyclic) bond motifs is 1. The monoisotopic (exact) mass is 537 g/mol. The molecule has 0 saturated heterocycles. The Morgan fingerprint density at radius 3 is 2.72 bits per heavy atom. The van der Waals surface area contributed by atoms with E-state index < -0.39 is 23.1 Å². The Kier molecular flexibility index (Phi) is 7.53. The van der Waals surface area contributed by atoms with Crippen molar-refractivity contribution in [1.82, 2.24) is 14.9 Å². The van der Waals surface area contributed by atoms with E-state index in [1.807, 2.05) is 13.8 Å². The summed E-state index contributed by atoms with van der Waals surface area (Å²) < 4.78 is 41.2. The van der Waals surface area contributed by atoms with Crippen LogP contribution in [0.25, 0.3) is 11.3 Å². The molecule has 1 aromatic heterocycles. The minimum Gasteiger partial charge on any atom is -0.487 e. The molecular formula is C28H29F2N5O4. The first-order chi connectivity index (χ1) is 18.4. The molecule has 0 radical (unpaired) electrons. The first-order valence-corrected chi connectivity index (χ1v) is 12.1. The highest BCUT2D eigenvalue weighted by molar-refractivity contribution is 6.05. The molecule has 9 nitrogen and oxygen atoms in total. The van der Waals surface area contributed by atoms with Gasteiger partial charge in [-0.2, -0.15) is 0 Å². The summed E-state index contributed by atoms with van der Waals surface area (Å²) in [5.41, 5.74) is 7.09. The molecule has 0 unspecified atom stereocenters. The van der Waals surface area contributed by atoms with Crippen LogP contribution < -0.4 is 20.5 Å². The smallest absolute Gasteiger partial charge is 0.258 e. The lowest BCUT2D eigenvalue weighted by molar-refractivity contribution is -0.125. The molecule has 39 heavy (non-hydrogen) atoms. The highest BCUT2D eigenvalue weighted by Gasteiger charge is 2.32. The van der Waals surface area contributed by atoms with Gasteiger partial charge in [0.1, 0.15) is 41.6 Å². The van der Waals surface area contributed by atoms with E-state index in [9.17, 15) is 18.4 Å². The summed E-state index contributed by atoms with van der Waals surface area (Å²) >= 11 is 0. The first-order valence-electron chi connectivity index (χ1n) is 12.1. The van der Waals surface area contributed by atoms with Crippen LogP contribution in [-0.2, 0) is 11.2 Å². The van der Waals surface area contributed by atoms with Crippen molar-refractivity contribution in [3.05, 3.63) is 71.6 Å². The number of halogens is 2. The Morgan fingerprint density at radius 1 is 1.26 bits per heavy atom. The third-order valence-corrected chi connectivity index (χ3v) is 6.33. The Bertz CT molecular complexity index is 1470. The average Bonchev–Trinajstić information content (AvgIpc) is 3.18. The van der Waals surface area contributed by atoms with Crippen LogP contribution in [0.1, 0.15) is 35.3 Å². The number of benzene rings is 2. The van der Waals surface area contributed by atoms with E-state index in [1.165, 1.54) is 35.5 Å². The number of carbonyl (C=O) groups is 2. The molecule has 0 atom stereocenters. The number of nitrogens with one attached hydrogen (secondary N) is 1. The van der Waals surface area contributed by atoms with Gasteiger partial charge in [0.2, 0.25) is 5.91 Å². The van der Waals surface area contributed by atoms with Crippen LogP contribution in [0.4, 0.5) is 20.3 Å². The molecule has 2 amide bonds. The molecule has 0 bridgehead atoms. The van der Waals surface area contributed by atoms with E-state index in [2.05, 4.69) is 21.9 Å². The van der Waals surface area contributed by atoms with Gasteiger partial charge in [0.15, 0.2) is 11.6 Å². The number of nitrogens with two attached hydrogens (primary N) is 1. The van der Waals surface area contributed by atoms with Gasteiger partial charge >= 0.3 is 0 Å². The normalized spacial score (nSPS) is 13.3. The summed E-state index contributed by atoms with van der Waals surface area (Å²) in [6, 6.07) is 5.00. The van der Waals surface area contributed by atoms with E-state index >= 15 is 0 Å². The highest BCUT2D eigenvalue weighted by atomic mass is 19.1. The van der Waals surface area contributed by atoms with Gasteiger partial charge in [-0.1, -0.05) is 6.58 Å². The fourth-order valence-corrected chi connectivity index (χ4v) is 4.32. The van der Waals surface area contributed by atoms with E-state index in [-0.39, 0.29) is 53.1 Å². The number of nitrogens with zero attached hydrogens (tertiary/aromatic N) is 3. The number of amides is 2. The molecule has 3 N–H and O–H groups in total. The van der Waals surface area contributed by atoms with Crippen molar-refractivity contribution in [2.75, 3.05) is 31.2 Å². The topological polar surface area (TPSA) is 120 Å². The molecule has 4 rings (SSSR count). The lowest BCUT2D eigenvalue weighted by atomic mass is 9.99. The molecular weight excluding hydrogens is 508 g/mol. The van der Waals surface area contributed by atoms with Crippen molar-refractivity contribution >= 4 is 23.3 Å². The Hall–Kier alpha value is -4.54. The van der Waals surface area contributed by atoms with Crippen molar-refractivity contribution in [2.24, 2.45) is 0 Å². The van der Waals surface area contributed by atoms with Crippen LogP contribution in [0.15, 0.2) is 43.2 Å². The number of likely N-dealkylation sites (N-methyl/N-ethyl adjacent to an activating group) is 1. The standard InChI is InChI=1S/C28H29F2N5O4/c1-6-23(36)35(5)7-8-38-25-24(32-14-33-26(25)31)18-10-17(29)11-21(15(18)2)34-27(37)19-9-16-13-28(3,4)39-22(16)12-20(19)30/h6,9-12,14H,1,7-8,13H2,2-5H3,(H,34,37)(H2,31,32,33). The highest BCUT2D eigenvalue weighted by Crippen LogP contribution is 2.38. The zero-order valence-corrected chi connectivity index (χ0v) is 22.1. The maximum atomic E-state index is 14.8. The second kappa shape index (κ2) is 10.7. The lowest BCUT2D eigenvalue weighted by Gasteiger charge is -2.18. The van der Waals surface area contributed by atoms with Crippen LogP contribution in [0.2, 0.25) is 0 Å². The molecule has 11 heteroatoms. The van der Waals surface area contributed by atoms with Gasteiger partial charge < -0.3 is 25.4 Å². The molecule has 1 aliphatic heterocycles. The minimum absolute atomic E-state index is 0.0114. The molecule has 0 aliphatic carbocycles. The second-order valence-corrected chi connectivity index (χ2v) is 9.81. The SMILES string of the molecule is C=CC(=O)N(C)CCOc1c(N)ncnc1-c1cc(F)cc(NC(=O)c2cc3c(cc2F)OC(C)(C)C3)c1C. The molecule has 2 aromatic carbocycles. The maximum absolute atomic E-state index is 14.8. The zero-order valence-electron chi connectivity index (χ0n) is 22.1. The molecule has 2 heterocycles. The van der Waals surface area contributed by atoms with Crippen LogP contribution in [0.5, 0.6) is 11.5 Å². The summed E-state index contributed by atoms with van der Waals surface area (Å²) in [6.45, 7) is 9.11. The van der Waals surface area contributed by atoms with E-state index in [0.717, 1.165) is 6.07 Å². The van der Waals surface area contributed by atoms with Gasteiger partial charge in [-0.15, -0.1) is 0 Å². The van der Waals surface area contributed by atoms with Crippen molar-refractivity contribution < 1.29 is 27.8 Å². The third-order valence-electron chi connectivity index (χ3n) is 6.33. The first kappa shape index (κ1) is 27.5. The molecule has 0 fully saturated rings. The molecule has 1 aliphatic rings. The molecule has 0 spiro atoms. The number of anilines is 2. The summed E-state index contributed by atoms with van der Waals surface area (Å²) in [5.74, 6) is -1.95. The van der Waals surface area contributed by atoms with Crippen molar-refractivity contribution in [2.45, 2.75) is 32.8 Å². The van der Waals surface area contributed by atoms with Gasteiger partial charge in [-0.05, 0) is 56.2 Å². The summed E-state index contributed by atoms with van der Waals surface area (Å²) in [6.07, 6.45) is 2.90. The third kappa shape index (κ3) is 5.82. The Balaban J connectivity index is 1.63. The quantitative estimate of drug-likeness (QED) is 0.411. The summed E-state index contributed by atoms with van der Waals surface area (Å²) in [4.78, 5) is 34.4. The Labute approximate surface area is 224 Å². The lowest BCUT2D eigenvalue weighted by Crippen LogP contribution is -2.29. The zero-order chi connectivity index (χ0) is 28.5. The van der Waals surface area contributed by atoms with Gasteiger partial charge in [-0.25, -0.2) is 18.7 Å². The predicted octanol–water partition coefficient (Wildman–Crippen LogP) is 4.30. The number of rotatable bonds is 8. The molecule has 3 aromatic rings.